The Labute approximate surface area is 204 Å². The summed E-state index contributed by atoms with van der Waals surface area (Å²) in [6.07, 6.45) is -2.93. The van der Waals surface area contributed by atoms with Crippen molar-refractivity contribution in [1.82, 2.24) is 34.7 Å². The normalized spacial score (nSPS) is 21.1. The molecule has 0 saturated carbocycles. The van der Waals surface area contributed by atoms with E-state index < -0.39 is 42.3 Å². The number of hydrogen-bond donors (Lipinski definition) is 4. The van der Waals surface area contributed by atoms with Gasteiger partial charge in [-0.05, 0) is 25.0 Å². The zero-order chi connectivity index (χ0) is 26.0. The van der Waals surface area contributed by atoms with Crippen LogP contribution in [-0.4, -0.2) is 89.9 Å². The molecule has 5 N–H and O–H groups in total. The lowest BCUT2D eigenvalue weighted by molar-refractivity contribution is -0.137. The lowest BCUT2D eigenvalue weighted by Crippen LogP contribution is -2.42. The SMILES string of the molecule is CCNC(=O)[C@H]1O[C@@H](n2cnc3c(N)nc(C#CCN(C)C(=O)c4ccc(F)nc4)nc32)[C@H](O)[C@@H]1O. The van der Waals surface area contributed by atoms with Crippen LogP contribution in [0.4, 0.5) is 10.2 Å². The van der Waals surface area contributed by atoms with Crippen LogP contribution in [0.1, 0.15) is 29.3 Å². The number of pyridine rings is 1. The number of nitrogens with one attached hydrogen (secondary N) is 1. The molecule has 0 bridgehead atoms. The van der Waals surface area contributed by atoms with E-state index in [0.29, 0.717) is 6.54 Å². The Morgan fingerprint density at radius 1 is 1.28 bits per heavy atom. The van der Waals surface area contributed by atoms with Gasteiger partial charge in [0.1, 0.15) is 17.7 Å². The standard InChI is InChI=1S/C22H23FN8O5/c1-3-25-20(34)17-15(32)16(33)22(36-17)31-10-27-14-18(24)28-13(29-19(14)31)5-4-8-30(2)21(35)11-6-7-12(23)26-9-11/h6-7,9-10,15-17,22,32-33H,3,8H2,1-2H3,(H,25,34)(H2,24,28,29)/t15-,16+,17-,22+/m0/s1. The van der Waals surface area contributed by atoms with Crippen LogP contribution >= 0.6 is 0 Å². The van der Waals surface area contributed by atoms with E-state index in [0.717, 1.165) is 12.3 Å². The maximum atomic E-state index is 13.0. The number of fused-ring (bicyclic) bond motifs is 1. The van der Waals surface area contributed by atoms with E-state index in [4.69, 9.17) is 10.5 Å². The average Bonchev–Trinajstić information content (AvgIpc) is 3.40. The molecule has 36 heavy (non-hydrogen) atoms. The summed E-state index contributed by atoms with van der Waals surface area (Å²) < 4.78 is 19.9. The highest BCUT2D eigenvalue weighted by Crippen LogP contribution is 2.32. The number of ether oxygens (including phenoxy) is 1. The molecular weight excluding hydrogens is 475 g/mol. The number of aliphatic hydroxyl groups is 2. The molecule has 0 spiro atoms. The van der Waals surface area contributed by atoms with Crippen LogP contribution in [0.3, 0.4) is 0 Å². The minimum absolute atomic E-state index is 0.00162. The molecule has 0 radical (unpaired) electrons. The average molecular weight is 498 g/mol. The fourth-order valence-corrected chi connectivity index (χ4v) is 3.59. The van der Waals surface area contributed by atoms with Gasteiger partial charge in [0.25, 0.3) is 11.8 Å². The number of nitrogens with zero attached hydrogens (tertiary/aromatic N) is 6. The zero-order valence-electron chi connectivity index (χ0n) is 19.3. The van der Waals surface area contributed by atoms with E-state index in [1.165, 1.54) is 28.9 Å². The van der Waals surface area contributed by atoms with Crippen LogP contribution in [0.5, 0.6) is 0 Å². The minimum Gasteiger partial charge on any atom is -0.387 e. The number of imidazole rings is 1. The summed E-state index contributed by atoms with van der Waals surface area (Å²) in [5, 5.41) is 23.4. The fraction of sp³-hybridized carbons (Fsp3) is 0.364. The molecule has 14 heteroatoms. The Kier molecular flexibility index (Phi) is 7.06. The maximum absolute atomic E-state index is 13.0. The lowest BCUT2D eigenvalue weighted by Gasteiger charge is -2.16. The fourth-order valence-electron chi connectivity index (χ4n) is 3.59. The van der Waals surface area contributed by atoms with Crippen LogP contribution in [0.25, 0.3) is 11.2 Å². The zero-order valence-corrected chi connectivity index (χ0v) is 19.3. The number of halogens is 1. The first kappa shape index (κ1) is 24.9. The van der Waals surface area contributed by atoms with Gasteiger partial charge in [-0.15, -0.1) is 0 Å². The van der Waals surface area contributed by atoms with E-state index in [-0.39, 0.29) is 34.9 Å². The number of aliphatic hydroxyl groups excluding tert-OH is 2. The molecule has 0 unspecified atom stereocenters. The Balaban J connectivity index is 1.55. The van der Waals surface area contributed by atoms with Gasteiger partial charge in [-0.3, -0.25) is 14.2 Å². The molecule has 13 nitrogen and oxygen atoms in total. The monoisotopic (exact) mass is 498 g/mol. The van der Waals surface area contributed by atoms with Crippen LogP contribution < -0.4 is 11.1 Å². The van der Waals surface area contributed by atoms with Crippen molar-refractivity contribution in [3.8, 4) is 11.8 Å². The number of aromatic nitrogens is 5. The molecule has 4 atom stereocenters. The summed E-state index contributed by atoms with van der Waals surface area (Å²) in [6, 6.07) is 2.41. The number of rotatable bonds is 5. The number of carbonyl (C=O) groups is 2. The van der Waals surface area contributed by atoms with Crippen molar-refractivity contribution in [1.29, 1.82) is 0 Å². The number of carbonyl (C=O) groups excluding carboxylic acids is 2. The highest BCUT2D eigenvalue weighted by Gasteiger charge is 2.47. The predicted molar refractivity (Wildman–Crippen MR) is 122 cm³/mol. The second kappa shape index (κ2) is 10.2. The summed E-state index contributed by atoms with van der Waals surface area (Å²) in [6.45, 7) is 2.04. The molecule has 3 aromatic rings. The molecule has 0 aromatic carbocycles. The first-order valence-corrected chi connectivity index (χ1v) is 10.9. The Bertz CT molecular complexity index is 1350. The van der Waals surface area contributed by atoms with Crippen molar-refractivity contribution >= 4 is 28.8 Å². The topological polar surface area (TPSA) is 182 Å². The Morgan fingerprint density at radius 3 is 2.75 bits per heavy atom. The summed E-state index contributed by atoms with van der Waals surface area (Å²) in [4.78, 5) is 41.9. The first-order valence-electron chi connectivity index (χ1n) is 10.9. The summed E-state index contributed by atoms with van der Waals surface area (Å²) in [5.41, 5.74) is 6.58. The van der Waals surface area contributed by atoms with Gasteiger partial charge in [-0.25, -0.2) is 19.9 Å². The van der Waals surface area contributed by atoms with Crippen molar-refractivity contribution in [3.05, 3.63) is 42.0 Å². The smallest absolute Gasteiger partial charge is 0.255 e. The molecule has 0 aliphatic carbocycles. The quantitative estimate of drug-likeness (QED) is 0.247. The van der Waals surface area contributed by atoms with Crippen molar-refractivity contribution < 1.29 is 28.9 Å². The number of nitrogens with two attached hydrogens (primary N) is 1. The second-order valence-corrected chi connectivity index (χ2v) is 7.91. The van der Waals surface area contributed by atoms with Gasteiger partial charge < -0.3 is 30.9 Å². The third-order valence-corrected chi connectivity index (χ3v) is 5.41. The number of nitrogen functional groups attached to an aromatic ring is 1. The van der Waals surface area contributed by atoms with Crippen LogP contribution in [-0.2, 0) is 9.53 Å². The first-order chi connectivity index (χ1) is 17.2. The summed E-state index contributed by atoms with van der Waals surface area (Å²) >= 11 is 0. The van der Waals surface area contributed by atoms with Gasteiger partial charge in [0, 0.05) is 19.8 Å². The molecule has 3 aromatic heterocycles. The van der Waals surface area contributed by atoms with E-state index in [9.17, 15) is 24.2 Å². The number of likely N-dealkylation sites (N-methyl/N-ethyl adjacent to an activating group) is 1. The van der Waals surface area contributed by atoms with E-state index in [1.807, 2.05) is 0 Å². The van der Waals surface area contributed by atoms with E-state index in [1.54, 1.807) is 6.92 Å². The van der Waals surface area contributed by atoms with Crippen LogP contribution in [0, 0.1) is 17.8 Å². The highest BCUT2D eigenvalue weighted by molar-refractivity contribution is 5.93. The molecular formula is C22H23FN8O5. The molecule has 1 saturated heterocycles. The molecule has 4 rings (SSSR count). The molecule has 2 amide bonds. The van der Waals surface area contributed by atoms with Crippen molar-refractivity contribution in [2.45, 2.75) is 31.5 Å². The molecule has 1 fully saturated rings. The van der Waals surface area contributed by atoms with Gasteiger partial charge in [-0.1, -0.05) is 5.92 Å². The van der Waals surface area contributed by atoms with Crippen LogP contribution in [0.2, 0.25) is 0 Å². The van der Waals surface area contributed by atoms with E-state index >= 15 is 0 Å². The molecule has 1 aliphatic rings. The minimum atomic E-state index is -1.47. The lowest BCUT2D eigenvalue weighted by atomic mass is 10.1. The maximum Gasteiger partial charge on any atom is 0.255 e. The second-order valence-electron chi connectivity index (χ2n) is 7.91. The number of amides is 2. The summed E-state index contributed by atoms with van der Waals surface area (Å²) in [7, 11) is 1.52. The Morgan fingerprint density at radius 2 is 2.06 bits per heavy atom. The van der Waals surface area contributed by atoms with Gasteiger partial charge in [0.05, 0.1) is 18.4 Å². The highest BCUT2D eigenvalue weighted by atomic mass is 19.1. The summed E-state index contributed by atoms with van der Waals surface area (Å²) in [5.74, 6) is 3.85. The third kappa shape index (κ3) is 4.80. The van der Waals surface area contributed by atoms with Crippen LogP contribution in [0.15, 0.2) is 24.7 Å². The third-order valence-electron chi connectivity index (χ3n) is 5.41. The van der Waals surface area contributed by atoms with Gasteiger partial charge in [0.15, 0.2) is 23.8 Å². The molecule has 188 valence electrons. The van der Waals surface area contributed by atoms with E-state index in [2.05, 4.69) is 37.1 Å². The van der Waals surface area contributed by atoms with Gasteiger partial charge in [-0.2, -0.15) is 4.39 Å². The van der Waals surface area contributed by atoms with Crippen molar-refractivity contribution in [2.75, 3.05) is 25.9 Å². The molecule has 4 heterocycles. The van der Waals surface area contributed by atoms with Gasteiger partial charge >= 0.3 is 0 Å². The Hall–Kier alpha value is -4.19. The largest absolute Gasteiger partial charge is 0.387 e. The predicted octanol–water partition coefficient (Wildman–Crippen LogP) is -1.18. The van der Waals surface area contributed by atoms with Crippen molar-refractivity contribution in [2.24, 2.45) is 0 Å². The number of anilines is 1. The van der Waals surface area contributed by atoms with Gasteiger partial charge in [0.2, 0.25) is 11.8 Å². The number of hydrogen-bond acceptors (Lipinski definition) is 10. The molecule has 1 aliphatic heterocycles. The van der Waals surface area contributed by atoms with Crippen molar-refractivity contribution in [3.63, 3.8) is 0 Å².